The van der Waals surface area contributed by atoms with Gasteiger partial charge in [-0.3, -0.25) is 19.6 Å². The van der Waals surface area contributed by atoms with Crippen molar-refractivity contribution in [3.8, 4) is 0 Å². The van der Waals surface area contributed by atoms with Crippen LogP contribution in [-0.2, 0) is 9.59 Å². The number of pyridine rings is 2. The molecule has 2 fully saturated rings. The van der Waals surface area contributed by atoms with E-state index in [-0.39, 0.29) is 23.7 Å². The SMILES string of the molecule is O=C(O)C1CC1c1ccc2cccc(Cl)c2n1.O=C(O)C1CC1c1ccc2cccc(Cl)c2n1. The van der Waals surface area contributed by atoms with Gasteiger partial charge in [0, 0.05) is 34.0 Å². The molecule has 4 aromatic rings. The van der Waals surface area contributed by atoms with Crippen molar-refractivity contribution in [3.63, 3.8) is 0 Å². The minimum Gasteiger partial charge on any atom is -0.481 e. The predicted octanol–water partition coefficient (Wildman–Crippen LogP) is 6.15. The third-order valence-corrected chi connectivity index (χ3v) is 6.97. The second-order valence-electron chi connectivity index (χ2n) is 8.67. The molecule has 0 radical (unpaired) electrons. The zero-order valence-electron chi connectivity index (χ0n) is 17.9. The van der Waals surface area contributed by atoms with E-state index in [9.17, 15) is 9.59 Å². The van der Waals surface area contributed by atoms with Crippen molar-refractivity contribution in [2.24, 2.45) is 11.8 Å². The smallest absolute Gasteiger partial charge is 0.307 e. The van der Waals surface area contributed by atoms with Crippen LogP contribution in [0.2, 0.25) is 10.0 Å². The van der Waals surface area contributed by atoms with Crippen LogP contribution in [0.25, 0.3) is 21.8 Å². The molecule has 6 nitrogen and oxygen atoms in total. The maximum absolute atomic E-state index is 10.8. The lowest BCUT2D eigenvalue weighted by molar-refractivity contribution is -0.139. The summed E-state index contributed by atoms with van der Waals surface area (Å²) in [5, 5.41) is 21.0. The summed E-state index contributed by atoms with van der Waals surface area (Å²) < 4.78 is 0. The Hall–Kier alpha value is -3.22. The molecule has 4 unspecified atom stereocenters. The van der Waals surface area contributed by atoms with E-state index in [0.29, 0.717) is 22.9 Å². The molecular formula is C26H20Cl2N2O4. The Morgan fingerprint density at radius 3 is 1.44 bits per heavy atom. The molecule has 0 amide bonds. The first kappa shape index (κ1) is 22.6. The van der Waals surface area contributed by atoms with Gasteiger partial charge >= 0.3 is 11.9 Å². The van der Waals surface area contributed by atoms with Crippen LogP contribution in [0.5, 0.6) is 0 Å². The van der Waals surface area contributed by atoms with Gasteiger partial charge in [-0.15, -0.1) is 0 Å². The number of carboxylic acids is 2. The normalized spacial score (nSPS) is 22.6. The fourth-order valence-corrected chi connectivity index (χ4v) is 4.70. The van der Waals surface area contributed by atoms with E-state index in [1.165, 1.54) is 0 Å². The van der Waals surface area contributed by atoms with Gasteiger partial charge in [0.2, 0.25) is 0 Å². The molecule has 34 heavy (non-hydrogen) atoms. The average Bonchev–Trinajstić information content (AvgIpc) is 3.73. The van der Waals surface area contributed by atoms with E-state index in [2.05, 4.69) is 9.97 Å². The topological polar surface area (TPSA) is 100 Å². The van der Waals surface area contributed by atoms with Gasteiger partial charge in [0.15, 0.2) is 0 Å². The van der Waals surface area contributed by atoms with Crippen LogP contribution in [0.1, 0.15) is 36.1 Å². The molecule has 0 aliphatic heterocycles. The molecule has 2 aromatic heterocycles. The molecule has 4 atom stereocenters. The molecule has 2 saturated carbocycles. The van der Waals surface area contributed by atoms with Crippen molar-refractivity contribution in [2.45, 2.75) is 24.7 Å². The van der Waals surface area contributed by atoms with Gasteiger partial charge < -0.3 is 10.2 Å². The van der Waals surface area contributed by atoms with Crippen LogP contribution in [0.15, 0.2) is 60.7 Å². The fourth-order valence-electron chi connectivity index (χ4n) is 4.25. The molecular weight excluding hydrogens is 475 g/mol. The number of para-hydroxylation sites is 2. The van der Waals surface area contributed by atoms with E-state index < -0.39 is 11.9 Å². The van der Waals surface area contributed by atoms with E-state index in [1.807, 2.05) is 48.5 Å². The number of benzene rings is 2. The maximum Gasteiger partial charge on any atom is 0.307 e. The van der Waals surface area contributed by atoms with Gasteiger partial charge in [0.25, 0.3) is 0 Å². The van der Waals surface area contributed by atoms with Crippen molar-refractivity contribution in [2.75, 3.05) is 0 Å². The Labute approximate surface area is 205 Å². The van der Waals surface area contributed by atoms with E-state index in [0.717, 1.165) is 33.2 Å². The molecule has 0 saturated heterocycles. The zero-order chi connectivity index (χ0) is 24.0. The summed E-state index contributed by atoms with van der Waals surface area (Å²) in [4.78, 5) is 30.6. The van der Waals surface area contributed by atoms with Crippen LogP contribution in [-0.4, -0.2) is 32.1 Å². The quantitative estimate of drug-likeness (QED) is 0.352. The number of hydrogen-bond acceptors (Lipinski definition) is 4. The molecule has 2 N–H and O–H groups in total. The number of carbonyl (C=O) groups is 2. The number of aliphatic carboxylic acids is 2. The predicted molar refractivity (Wildman–Crippen MR) is 130 cm³/mol. The van der Waals surface area contributed by atoms with Crippen LogP contribution in [0.4, 0.5) is 0 Å². The molecule has 172 valence electrons. The fraction of sp³-hybridized carbons (Fsp3) is 0.231. The number of rotatable bonds is 4. The number of fused-ring (bicyclic) bond motifs is 2. The van der Waals surface area contributed by atoms with Gasteiger partial charge in [-0.2, -0.15) is 0 Å². The number of nitrogens with zero attached hydrogens (tertiary/aromatic N) is 2. The molecule has 2 aliphatic carbocycles. The van der Waals surface area contributed by atoms with Crippen molar-refractivity contribution in [1.82, 2.24) is 9.97 Å². The molecule has 0 bridgehead atoms. The highest BCUT2D eigenvalue weighted by Crippen LogP contribution is 2.48. The van der Waals surface area contributed by atoms with Crippen molar-refractivity contribution in [1.29, 1.82) is 0 Å². The first-order valence-electron chi connectivity index (χ1n) is 10.9. The van der Waals surface area contributed by atoms with Gasteiger partial charge in [-0.1, -0.05) is 59.6 Å². The summed E-state index contributed by atoms with van der Waals surface area (Å²) in [5.74, 6) is -1.93. The summed E-state index contributed by atoms with van der Waals surface area (Å²) >= 11 is 12.1. The van der Waals surface area contributed by atoms with Crippen LogP contribution in [0.3, 0.4) is 0 Å². The molecule has 2 heterocycles. The largest absolute Gasteiger partial charge is 0.481 e. The minimum atomic E-state index is -0.740. The zero-order valence-corrected chi connectivity index (χ0v) is 19.4. The molecule has 2 aliphatic rings. The van der Waals surface area contributed by atoms with Crippen LogP contribution >= 0.6 is 23.2 Å². The lowest BCUT2D eigenvalue weighted by atomic mass is 10.1. The second-order valence-corrected chi connectivity index (χ2v) is 9.48. The summed E-state index contributed by atoms with van der Waals surface area (Å²) in [6.45, 7) is 0. The third-order valence-electron chi connectivity index (χ3n) is 6.36. The Morgan fingerprint density at radius 1 is 0.676 bits per heavy atom. The van der Waals surface area contributed by atoms with Crippen molar-refractivity contribution < 1.29 is 19.8 Å². The second kappa shape index (κ2) is 8.85. The average molecular weight is 495 g/mol. The standard InChI is InChI=1S/2C13H10ClNO2/c2*14-10-3-1-2-7-4-5-11(15-12(7)10)8-6-9(8)13(16)17/h2*1-5,8-9H,6H2,(H,16,17). The first-order chi connectivity index (χ1) is 16.3. The highest BCUT2D eigenvalue weighted by atomic mass is 35.5. The van der Waals surface area contributed by atoms with E-state index >= 15 is 0 Å². The highest BCUT2D eigenvalue weighted by molar-refractivity contribution is 6.35. The third kappa shape index (κ3) is 4.43. The van der Waals surface area contributed by atoms with Crippen LogP contribution in [0, 0.1) is 11.8 Å². The Balaban J connectivity index is 0.000000142. The number of hydrogen-bond donors (Lipinski definition) is 2. The summed E-state index contributed by atoms with van der Waals surface area (Å²) in [7, 11) is 0. The van der Waals surface area contributed by atoms with Crippen molar-refractivity contribution >= 4 is 56.9 Å². The molecule has 6 rings (SSSR count). The highest BCUT2D eigenvalue weighted by Gasteiger charge is 2.46. The van der Waals surface area contributed by atoms with Gasteiger partial charge in [0.05, 0.1) is 32.9 Å². The minimum absolute atomic E-state index is 0.0492. The lowest BCUT2D eigenvalue weighted by Crippen LogP contribution is -2.00. The van der Waals surface area contributed by atoms with Crippen molar-refractivity contribution in [3.05, 3.63) is 82.1 Å². The summed E-state index contributed by atoms with van der Waals surface area (Å²) in [6, 6.07) is 18.9. The number of aromatic nitrogens is 2. The van der Waals surface area contributed by atoms with E-state index in [4.69, 9.17) is 33.4 Å². The monoisotopic (exact) mass is 494 g/mol. The maximum atomic E-state index is 10.8. The summed E-state index contributed by atoms with van der Waals surface area (Å²) in [5.41, 5.74) is 3.17. The molecule has 2 aromatic carbocycles. The Morgan fingerprint density at radius 2 is 1.09 bits per heavy atom. The number of halogens is 2. The Kier molecular flexibility index (Phi) is 5.88. The van der Waals surface area contributed by atoms with Crippen LogP contribution < -0.4 is 0 Å². The van der Waals surface area contributed by atoms with Gasteiger partial charge in [-0.05, 0) is 37.1 Å². The molecule has 8 heteroatoms. The van der Waals surface area contributed by atoms with E-state index in [1.54, 1.807) is 12.1 Å². The summed E-state index contributed by atoms with van der Waals surface area (Å²) in [6.07, 6.45) is 1.36. The number of carboxylic acid groups (broad SMARTS) is 2. The van der Waals surface area contributed by atoms with Gasteiger partial charge in [0.1, 0.15) is 0 Å². The molecule has 0 spiro atoms. The Bertz CT molecular complexity index is 1330. The lowest BCUT2D eigenvalue weighted by Gasteiger charge is -2.03. The van der Waals surface area contributed by atoms with Gasteiger partial charge in [-0.25, -0.2) is 0 Å². The first-order valence-corrected chi connectivity index (χ1v) is 11.6.